The first-order valence-corrected chi connectivity index (χ1v) is 7.51. The zero-order chi connectivity index (χ0) is 14.4. The van der Waals surface area contributed by atoms with E-state index in [9.17, 15) is 5.11 Å². The van der Waals surface area contributed by atoms with Crippen LogP contribution in [-0.2, 0) is 17.9 Å². The Morgan fingerprint density at radius 3 is 2.95 bits per heavy atom. The highest BCUT2D eigenvalue weighted by molar-refractivity contribution is 7.12. The highest BCUT2D eigenvalue weighted by Crippen LogP contribution is 2.20. The van der Waals surface area contributed by atoms with Gasteiger partial charge >= 0.3 is 0 Å². The summed E-state index contributed by atoms with van der Waals surface area (Å²) in [5.41, 5.74) is 1.33. The molecule has 0 amide bonds. The summed E-state index contributed by atoms with van der Waals surface area (Å²) in [5, 5.41) is 13.0. The van der Waals surface area contributed by atoms with Crippen molar-refractivity contribution in [2.24, 2.45) is 0 Å². The van der Waals surface area contributed by atoms with Crippen LogP contribution >= 0.6 is 11.3 Å². The van der Waals surface area contributed by atoms with E-state index in [1.165, 1.54) is 15.3 Å². The van der Waals surface area contributed by atoms with E-state index in [2.05, 4.69) is 25.2 Å². The van der Waals surface area contributed by atoms with E-state index in [0.717, 1.165) is 12.3 Å². The maximum Gasteiger partial charge on any atom is 0.129 e. The second-order valence-corrected chi connectivity index (χ2v) is 6.17. The quantitative estimate of drug-likeness (QED) is 0.786. The fourth-order valence-electron chi connectivity index (χ4n) is 1.85. The van der Waals surface area contributed by atoms with Crippen molar-refractivity contribution in [1.82, 2.24) is 5.32 Å². The average molecular weight is 295 g/mol. The van der Waals surface area contributed by atoms with E-state index in [4.69, 9.17) is 9.15 Å². The lowest BCUT2D eigenvalue weighted by molar-refractivity contribution is 0.0226. The molecule has 0 aliphatic rings. The van der Waals surface area contributed by atoms with E-state index >= 15 is 0 Å². The summed E-state index contributed by atoms with van der Waals surface area (Å²) in [4.78, 5) is 2.65. The van der Waals surface area contributed by atoms with E-state index < -0.39 is 6.10 Å². The van der Waals surface area contributed by atoms with Crippen molar-refractivity contribution in [3.8, 4) is 0 Å². The highest BCUT2D eigenvalue weighted by Gasteiger charge is 2.06. The lowest BCUT2D eigenvalue weighted by atomic mass is 10.3. The lowest BCUT2D eigenvalue weighted by Gasteiger charge is -2.11. The fourth-order valence-corrected chi connectivity index (χ4v) is 2.87. The molecule has 0 aliphatic heterocycles. The van der Waals surface area contributed by atoms with Crippen molar-refractivity contribution in [3.05, 3.63) is 45.5 Å². The maximum atomic E-state index is 9.80. The van der Waals surface area contributed by atoms with Gasteiger partial charge < -0.3 is 19.6 Å². The standard InChI is InChI=1S/C15H21NO3S/c1-11-6-15(20-12(11)2)8-16-7-13(17)9-18-10-14-4-3-5-19-14/h3-6,13,16-17H,7-10H2,1-2H3. The second-order valence-electron chi connectivity index (χ2n) is 4.83. The minimum absolute atomic E-state index is 0.302. The monoisotopic (exact) mass is 295 g/mol. The van der Waals surface area contributed by atoms with Gasteiger partial charge in [-0.15, -0.1) is 11.3 Å². The Morgan fingerprint density at radius 2 is 2.30 bits per heavy atom. The molecule has 2 N–H and O–H groups in total. The Hall–Kier alpha value is -1.14. The van der Waals surface area contributed by atoms with Gasteiger partial charge in [0, 0.05) is 22.8 Å². The van der Waals surface area contributed by atoms with Gasteiger partial charge in [0.2, 0.25) is 0 Å². The summed E-state index contributed by atoms with van der Waals surface area (Å²) in [6.45, 7) is 6.25. The van der Waals surface area contributed by atoms with E-state index in [-0.39, 0.29) is 0 Å². The maximum absolute atomic E-state index is 9.80. The molecule has 2 rings (SSSR count). The number of furan rings is 1. The Kier molecular flexibility index (Phi) is 5.79. The van der Waals surface area contributed by atoms with Gasteiger partial charge in [-0.25, -0.2) is 0 Å². The van der Waals surface area contributed by atoms with Gasteiger partial charge in [0.1, 0.15) is 12.4 Å². The Balaban J connectivity index is 1.59. The molecule has 2 aromatic heterocycles. The van der Waals surface area contributed by atoms with E-state index in [0.29, 0.717) is 19.8 Å². The Labute approximate surface area is 123 Å². The molecular weight excluding hydrogens is 274 g/mol. The minimum Gasteiger partial charge on any atom is -0.467 e. The largest absolute Gasteiger partial charge is 0.467 e. The number of aliphatic hydroxyl groups is 1. The molecule has 2 aromatic rings. The van der Waals surface area contributed by atoms with Crippen LogP contribution in [0.2, 0.25) is 0 Å². The number of thiophene rings is 1. The summed E-state index contributed by atoms with van der Waals surface area (Å²) < 4.78 is 10.5. The third kappa shape index (κ3) is 4.76. The Morgan fingerprint density at radius 1 is 1.45 bits per heavy atom. The van der Waals surface area contributed by atoms with Gasteiger partial charge in [0.25, 0.3) is 0 Å². The average Bonchev–Trinajstić information content (AvgIpc) is 3.01. The zero-order valence-corrected chi connectivity index (χ0v) is 12.7. The van der Waals surface area contributed by atoms with Crippen LogP contribution in [0.4, 0.5) is 0 Å². The molecule has 0 aliphatic carbocycles. The van der Waals surface area contributed by atoms with Crippen LogP contribution in [0.5, 0.6) is 0 Å². The second kappa shape index (κ2) is 7.59. The minimum atomic E-state index is -0.507. The van der Waals surface area contributed by atoms with E-state index in [1.807, 2.05) is 12.1 Å². The molecule has 110 valence electrons. The summed E-state index contributed by atoms with van der Waals surface area (Å²) in [5.74, 6) is 0.773. The van der Waals surface area contributed by atoms with Crippen LogP contribution in [0.3, 0.4) is 0 Å². The number of aliphatic hydroxyl groups excluding tert-OH is 1. The van der Waals surface area contributed by atoms with Crippen molar-refractivity contribution in [1.29, 1.82) is 0 Å². The molecule has 0 aromatic carbocycles. The zero-order valence-electron chi connectivity index (χ0n) is 11.9. The number of aryl methyl sites for hydroxylation is 2. The van der Waals surface area contributed by atoms with Crippen molar-refractivity contribution in [2.45, 2.75) is 33.1 Å². The van der Waals surface area contributed by atoms with Crippen LogP contribution < -0.4 is 5.32 Å². The first kappa shape index (κ1) is 15.3. The van der Waals surface area contributed by atoms with Crippen LogP contribution in [0, 0.1) is 13.8 Å². The van der Waals surface area contributed by atoms with Crippen molar-refractivity contribution < 1.29 is 14.3 Å². The normalized spacial score (nSPS) is 12.8. The predicted octanol–water partition coefficient (Wildman–Crippen LogP) is 2.63. The molecule has 0 saturated carbocycles. The Bertz CT molecular complexity index is 488. The number of nitrogens with one attached hydrogen (secondary N) is 1. The molecule has 4 nitrogen and oxygen atoms in total. The smallest absolute Gasteiger partial charge is 0.129 e. The van der Waals surface area contributed by atoms with E-state index in [1.54, 1.807) is 17.6 Å². The summed E-state index contributed by atoms with van der Waals surface area (Å²) in [7, 11) is 0. The molecule has 5 heteroatoms. The van der Waals surface area contributed by atoms with Crippen molar-refractivity contribution >= 4 is 11.3 Å². The summed E-state index contributed by atoms with van der Waals surface area (Å²) in [6.07, 6.45) is 1.11. The molecule has 0 bridgehead atoms. The molecule has 0 radical (unpaired) electrons. The van der Waals surface area contributed by atoms with Crippen LogP contribution in [-0.4, -0.2) is 24.4 Å². The fraction of sp³-hybridized carbons (Fsp3) is 0.467. The van der Waals surface area contributed by atoms with Gasteiger partial charge in [-0.3, -0.25) is 0 Å². The molecule has 1 unspecified atom stereocenters. The molecule has 1 atom stereocenters. The number of hydrogen-bond donors (Lipinski definition) is 2. The number of rotatable bonds is 8. The van der Waals surface area contributed by atoms with Gasteiger partial charge in [-0.1, -0.05) is 0 Å². The van der Waals surface area contributed by atoms with Gasteiger partial charge in [-0.05, 0) is 37.6 Å². The topological polar surface area (TPSA) is 54.6 Å². The molecule has 2 heterocycles. The lowest BCUT2D eigenvalue weighted by Crippen LogP contribution is -2.29. The van der Waals surface area contributed by atoms with Crippen molar-refractivity contribution in [2.75, 3.05) is 13.2 Å². The van der Waals surface area contributed by atoms with Gasteiger partial charge in [0.15, 0.2) is 0 Å². The summed E-state index contributed by atoms with van der Waals surface area (Å²) >= 11 is 1.79. The first-order chi connectivity index (χ1) is 9.65. The molecule has 0 saturated heterocycles. The number of ether oxygens (including phenoxy) is 1. The number of hydrogen-bond acceptors (Lipinski definition) is 5. The molecule has 0 fully saturated rings. The third-order valence-corrected chi connectivity index (χ3v) is 4.18. The predicted molar refractivity (Wildman–Crippen MR) is 79.9 cm³/mol. The van der Waals surface area contributed by atoms with Gasteiger partial charge in [0.05, 0.1) is 19.0 Å². The van der Waals surface area contributed by atoms with Crippen LogP contribution in [0.15, 0.2) is 28.9 Å². The van der Waals surface area contributed by atoms with Gasteiger partial charge in [-0.2, -0.15) is 0 Å². The summed E-state index contributed by atoms with van der Waals surface area (Å²) in [6, 6.07) is 5.86. The third-order valence-electron chi connectivity index (χ3n) is 3.03. The highest BCUT2D eigenvalue weighted by atomic mass is 32.1. The van der Waals surface area contributed by atoms with Crippen LogP contribution in [0.1, 0.15) is 21.1 Å². The molecular formula is C15H21NO3S. The molecule has 0 spiro atoms. The first-order valence-electron chi connectivity index (χ1n) is 6.70. The van der Waals surface area contributed by atoms with Crippen LogP contribution in [0.25, 0.3) is 0 Å². The molecule has 20 heavy (non-hydrogen) atoms. The van der Waals surface area contributed by atoms with Crippen molar-refractivity contribution in [3.63, 3.8) is 0 Å². The SMILES string of the molecule is Cc1cc(CNCC(O)COCc2ccco2)sc1C.